The van der Waals surface area contributed by atoms with E-state index in [1.54, 1.807) is 12.4 Å². The van der Waals surface area contributed by atoms with E-state index >= 15 is 0 Å². The summed E-state index contributed by atoms with van der Waals surface area (Å²) in [6.45, 7) is 2.00. The number of aryl methyl sites for hydroxylation is 1. The third-order valence-corrected chi connectivity index (χ3v) is 4.36. The minimum Gasteiger partial charge on any atom is -0.381 e. The number of hydrogen-bond acceptors (Lipinski definition) is 5. The summed E-state index contributed by atoms with van der Waals surface area (Å²) in [4.78, 5) is 19.6. The second-order valence-electron chi connectivity index (χ2n) is 5.55. The number of rotatable bonds is 0. The van der Waals surface area contributed by atoms with Gasteiger partial charge in [0.15, 0.2) is 11.3 Å². The molecule has 0 atom stereocenters. The molecule has 0 spiro atoms. The fourth-order valence-electron chi connectivity index (χ4n) is 2.33. The Hall–Kier alpha value is -1.84. The zero-order valence-electron chi connectivity index (χ0n) is 14.2. The maximum absolute atomic E-state index is 4.94. The molecule has 0 aromatic carbocycles. The number of ether oxygens (including phenoxy) is 1. The lowest BCUT2D eigenvalue weighted by Gasteiger charge is -1.93. The first-order valence-electron chi connectivity index (χ1n) is 8.10. The van der Waals surface area contributed by atoms with Crippen LogP contribution in [0, 0.1) is 0 Å². The van der Waals surface area contributed by atoms with Crippen LogP contribution in [0.25, 0.3) is 22.3 Å². The molecule has 0 bridgehead atoms. The molecule has 144 valence electrons. The zero-order chi connectivity index (χ0) is 18.4. The van der Waals surface area contributed by atoms with Crippen LogP contribution >= 0.6 is 31.9 Å². The molecule has 9 heteroatoms. The fourth-order valence-corrected chi connectivity index (χ4v) is 2.92. The van der Waals surface area contributed by atoms with Gasteiger partial charge in [-0.05, 0) is 56.8 Å². The molecule has 0 amide bonds. The van der Waals surface area contributed by atoms with E-state index in [0.717, 1.165) is 44.7 Å². The number of aromatic amines is 1. The van der Waals surface area contributed by atoms with Crippen LogP contribution in [0.5, 0.6) is 0 Å². The van der Waals surface area contributed by atoms with Gasteiger partial charge in [0.25, 0.3) is 0 Å². The number of hydrogen-bond donors (Lipinski definition) is 1. The smallest absolute Gasteiger partial charge is 0.158 e. The topological polar surface area (TPSA) is 81.5 Å². The Balaban J connectivity index is 0.000000152. The first-order chi connectivity index (χ1) is 12.6. The maximum atomic E-state index is 4.94. The normalized spacial score (nSPS) is 12.7. The predicted octanol–water partition coefficient (Wildman–Crippen LogP) is 4.88. The summed E-state index contributed by atoms with van der Waals surface area (Å²) in [5, 5.41) is 0. The van der Waals surface area contributed by atoms with Gasteiger partial charge in [0, 0.05) is 32.7 Å². The van der Waals surface area contributed by atoms with Crippen molar-refractivity contribution in [2.45, 2.75) is 20.3 Å². The predicted molar refractivity (Wildman–Crippen MR) is 115 cm³/mol. The van der Waals surface area contributed by atoms with E-state index in [9.17, 15) is 0 Å². The molecule has 0 radical (unpaired) electrons. The quantitative estimate of drug-likeness (QED) is 0.374. The first-order valence-corrected chi connectivity index (χ1v) is 9.69. The molecule has 1 aliphatic rings. The molecule has 4 aromatic heterocycles. The van der Waals surface area contributed by atoms with Crippen molar-refractivity contribution in [3.05, 3.63) is 46.1 Å². The summed E-state index contributed by atoms with van der Waals surface area (Å²) in [6.07, 6.45) is 9.68. The molecule has 4 aromatic rings. The van der Waals surface area contributed by atoms with E-state index in [1.165, 1.54) is 12.8 Å². The van der Waals surface area contributed by atoms with Gasteiger partial charge in [-0.25, -0.2) is 19.9 Å². The van der Waals surface area contributed by atoms with Gasteiger partial charge in [-0.1, -0.05) is 7.43 Å². The summed E-state index contributed by atoms with van der Waals surface area (Å²) in [5.41, 5.74) is 3.53. The van der Waals surface area contributed by atoms with Crippen LogP contribution in [0.2, 0.25) is 0 Å². The van der Waals surface area contributed by atoms with Crippen LogP contribution in [0.1, 0.15) is 20.3 Å². The van der Waals surface area contributed by atoms with Gasteiger partial charge in [-0.15, -0.1) is 0 Å². The van der Waals surface area contributed by atoms with Crippen molar-refractivity contribution < 1.29 is 4.74 Å². The Kier molecular flexibility index (Phi) is 8.33. The van der Waals surface area contributed by atoms with E-state index in [4.69, 9.17) is 4.74 Å². The van der Waals surface area contributed by atoms with Crippen LogP contribution in [0.15, 0.2) is 46.1 Å². The molecule has 1 N–H and O–H groups in total. The second-order valence-corrected chi connectivity index (χ2v) is 7.18. The van der Waals surface area contributed by atoms with Gasteiger partial charge in [0.1, 0.15) is 20.2 Å². The summed E-state index contributed by atoms with van der Waals surface area (Å²) >= 11 is 6.49. The lowest BCUT2D eigenvalue weighted by atomic mass is 10.4. The number of aromatic nitrogens is 6. The third kappa shape index (κ3) is 6.08. The molecular weight excluding hydrogens is 476 g/mol. The van der Waals surface area contributed by atoms with Gasteiger partial charge in [0.2, 0.25) is 0 Å². The van der Waals surface area contributed by atoms with E-state index in [2.05, 4.69) is 56.8 Å². The molecule has 0 unspecified atom stereocenters. The SMILES string of the molecule is Brc1cnc2[nH]ccc2n1.C.C1CCOC1.Cn1ccc2nc(Br)cnc21. The van der Waals surface area contributed by atoms with E-state index < -0.39 is 0 Å². The van der Waals surface area contributed by atoms with Crippen LogP contribution in [0.3, 0.4) is 0 Å². The largest absolute Gasteiger partial charge is 0.381 e. The van der Waals surface area contributed by atoms with E-state index in [1.807, 2.05) is 36.1 Å². The van der Waals surface area contributed by atoms with Crippen molar-refractivity contribution in [1.82, 2.24) is 29.5 Å². The lowest BCUT2D eigenvalue weighted by Crippen LogP contribution is -1.88. The van der Waals surface area contributed by atoms with Crippen molar-refractivity contribution in [3.63, 3.8) is 0 Å². The number of fused-ring (bicyclic) bond motifs is 2. The molecule has 5 heterocycles. The molecule has 7 nitrogen and oxygen atoms in total. The van der Waals surface area contributed by atoms with Gasteiger partial charge >= 0.3 is 0 Å². The van der Waals surface area contributed by atoms with Crippen LogP contribution in [-0.4, -0.2) is 42.7 Å². The third-order valence-electron chi connectivity index (χ3n) is 3.60. The minimum atomic E-state index is 0. The van der Waals surface area contributed by atoms with Gasteiger partial charge in [-0.3, -0.25) is 0 Å². The molecule has 0 saturated carbocycles. The van der Waals surface area contributed by atoms with Gasteiger partial charge in [-0.2, -0.15) is 0 Å². The molecule has 0 aliphatic carbocycles. The minimum absolute atomic E-state index is 0. The Morgan fingerprint density at radius 3 is 2.33 bits per heavy atom. The van der Waals surface area contributed by atoms with Crippen molar-refractivity contribution in [2.24, 2.45) is 7.05 Å². The monoisotopic (exact) mass is 496 g/mol. The number of H-pyrrole nitrogens is 1. The van der Waals surface area contributed by atoms with Crippen LogP contribution in [0.4, 0.5) is 0 Å². The highest BCUT2D eigenvalue weighted by Gasteiger charge is 1.99. The fraction of sp³-hybridized carbons (Fsp3) is 0.333. The van der Waals surface area contributed by atoms with E-state index in [0.29, 0.717) is 0 Å². The zero-order valence-corrected chi connectivity index (χ0v) is 17.4. The van der Waals surface area contributed by atoms with Gasteiger partial charge in [0.05, 0.1) is 12.4 Å². The van der Waals surface area contributed by atoms with Crippen LogP contribution < -0.4 is 0 Å². The summed E-state index contributed by atoms with van der Waals surface area (Å²) in [6, 6.07) is 3.82. The lowest BCUT2D eigenvalue weighted by molar-refractivity contribution is 0.198. The maximum Gasteiger partial charge on any atom is 0.158 e. The van der Waals surface area contributed by atoms with Crippen molar-refractivity contribution in [2.75, 3.05) is 13.2 Å². The summed E-state index contributed by atoms with van der Waals surface area (Å²) in [5.74, 6) is 0. The Morgan fingerprint density at radius 1 is 1.00 bits per heavy atom. The molecule has 27 heavy (non-hydrogen) atoms. The molecule has 1 saturated heterocycles. The molecule has 5 rings (SSSR count). The van der Waals surface area contributed by atoms with Crippen molar-refractivity contribution >= 4 is 54.2 Å². The Bertz CT molecular complexity index is 973. The Labute approximate surface area is 174 Å². The second kappa shape index (κ2) is 10.5. The molecule has 1 fully saturated rings. The first kappa shape index (κ1) is 21.5. The summed E-state index contributed by atoms with van der Waals surface area (Å²) in [7, 11) is 1.95. The highest BCUT2D eigenvalue weighted by molar-refractivity contribution is 9.10. The summed E-state index contributed by atoms with van der Waals surface area (Å²) < 4.78 is 8.42. The number of nitrogens with one attached hydrogen (secondary N) is 1. The number of halogens is 2. The van der Waals surface area contributed by atoms with Crippen LogP contribution in [-0.2, 0) is 11.8 Å². The standard InChI is InChI=1S/C7H6BrN3.C6H4BrN3.C4H8O.CH4/c1-11-3-2-5-7(11)9-4-6(8)10-5;7-5-3-9-6-4(10-5)1-2-8-6;1-2-4-5-3-1;/h2-4H,1H3;1-3H,(H,8,9);1-4H2;1H4. The van der Waals surface area contributed by atoms with Crippen molar-refractivity contribution in [3.8, 4) is 0 Å². The van der Waals surface area contributed by atoms with E-state index in [-0.39, 0.29) is 7.43 Å². The average Bonchev–Trinajstić information content (AvgIpc) is 3.38. The highest BCUT2D eigenvalue weighted by atomic mass is 79.9. The Morgan fingerprint density at radius 2 is 1.67 bits per heavy atom. The highest BCUT2D eigenvalue weighted by Crippen LogP contribution is 2.12. The number of nitrogens with zero attached hydrogens (tertiary/aromatic N) is 5. The average molecular weight is 498 g/mol. The van der Waals surface area contributed by atoms with Gasteiger partial charge < -0.3 is 14.3 Å². The molecule has 1 aliphatic heterocycles. The van der Waals surface area contributed by atoms with Crippen molar-refractivity contribution in [1.29, 1.82) is 0 Å². The molecular formula is C18H22Br2N6O.